The van der Waals surface area contributed by atoms with Crippen LogP contribution in [0.3, 0.4) is 0 Å². The number of nitrogens with one attached hydrogen (secondary N) is 1. The van der Waals surface area contributed by atoms with Crippen LogP contribution in [0.4, 0.5) is 20.2 Å². The second-order valence-electron chi connectivity index (χ2n) is 3.44. The zero-order valence-electron chi connectivity index (χ0n) is 8.81. The second kappa shape index (κ2) is 4.08. The Morgan fingerprint density at radius 1 is 1.42 bits per heavy atom. The van der Waals surface area contributed by atoms with Crippen LogP contribution in [0.15, 0.2) is 16.0 Å². The minimum Gasteiger partial charge on any atom is -0.505 e. The fraction of sp³-hybridized carbons (Fsp3) is 0. The van der Waals surface area contributed by atoms with Crippen molar-refractivity contribution < 1.29 is 18.8 Å². The third-order valence-electron chi connectivity index (χ3n) is 2.39. The molecule has 98 valence electrons. The topological polar surface area (TPSA) is 126 Å². The van der Waals surface area contributed by atoms with Crippen LogP contribution < -0.4 is 5.56 Å². The van der Waals surface area contributed by atoms with E-state index in [-0.39, 0.29) is 0 Å². The first-order valence-corrected chi connectivity index (χ1v) is 4.63. The molecule has 0 aliphatic carbocycles. The van der Waals surface area contributed by atoms with Gasteiger partial charge in [0.25, 0.3) is 5.56 Å². The van der Waals surface area contributed by atoms with E-state index in [1.165, 1.54) is 0 Å². The van der Waals surface area contributed by atoms with Crippen LogP contribution in [-0.4, -0.2) is 15.0 Å². The largest absolute Gasteiger partial charge is 0.505 e. The standard InChI is InChI=1S/C9H3F2N3O5/c10-2-1-3-4(5(11)7(2)14(18)19)8(15)6(13-17)9(16)12-3/h1H,(H2,12,15,16). The summed E-state index contributed by atoms with van der Waals surface area (Å²) in [4.78, 5) is 32.6. The van der Waals surface area contributed by atoms with Gasteiger partial charge < -0.3 is 10.1 Å². The van der Waals surface area contributed by atoms with Crippen molar-refractivity contribution in [2.24, 2.45) is 5.18 Å². The van der Waals surface area contributed by atoms with Gasteiger partial charge in [0.1, 0.15) is 0 Å². The van der Waals surface area contributed by atoms with E-state index in [9.17, 15) is 33.7 Å². The highest BCUT2D eigenvalue weighted by Crippen LogP contribution is 2.36. The number of fused-ring (bicyclic) bond motifs is 1. The number of rotatable bonds is 2. The Morgan fingerprint density at radius 3 is 2.58 bits per heavy atom. The average molecular weight is 271 g/mol. The van der Waals surface area contributed by atoms with Gasteiger partial charge in [-0.3, -0.25) is 14.9 Å². The molecule has 1 aromatic heterocycles. The molecular formula is C9H3F2N3O5. The first-order valence-electron chi connectivity index (χ1n) is 4.63. The Labute approximate surface area is 101 Å². The number of nitro benzene ring substituents is 1. The lowest BCUT2D eigenvalue weighted by atomic mass is 10.1. The molecule has 0 bridgehead atoms. The molecule has 0 aliphatic heterocycles. The summed E-state index contributed by atoms with van der Waals surface area (Å²) in [6.45, 7) is 0. The number of H-pyrrole nitrogens is 1. The third kappa shape index (κ3) is 1.69. The summed E-state index contributed by atoms with van der Waals surface area (Å²) in [5.74, 6) is -4.43. The second-order valence-corrected chi connectivity index (χ2v) is 3.44. The molecule has 0 fully saturated rings. The highest BCUT2D eigenvalue weighted by molar-refractivity contribution is 5.91. The maximum Gasteiger partial charge on any atom is 0.341 e. The smallest absolute Gasteiger partial charge is 0.341 e. The van der Waals surface area contributed by atoms with Crippen LogP contribution in [-0.2, 0) is 0 Å². The number of nitrogens with zero attached hydrogens (tertiary/aromatic N) is 2. The SMILES string of the molecule is O=Nc1c(O)c2c(F)c([N+](=O)[O-])c(F)cc2[nH]c1=O. The van der Waals surface area contributed by atoms with Crippen molar-refractivity contribution >= 4 is 22.3 Å². The van der Waals surface area contributed by atoms with E-state index in [0.29, 0.717) is 6.07 Å². The Bertz CT molecular complexity index is 786. The molecule has 0 spiro atoms. The van der Waals surface area contributed by atoms with E-state index in [4.69, 9.17) is 0 Å². The minimum absolute atomic E-state index is 0.465. The molecule has 0 saturated heterocycles. The molecule has 2 N–H and O–H groups in total. The Balaban J connectivity index is 3.08. The molecule has 0 saturated carbocycles. The lowest BCUT2D eigenvalue weighted by molar-refractivity contribution is -0.390. The number of aromatic hydroxyl groups is 1. The van der Waals surface area contributed by atoms with Crippen LogP contribution in [0.2, 0.25) is 0 Å². The fourth-order valence-electron chi connectivity index (χ4n) is 1.60. The molecule has 0 unspecified atom stereocenters. The summed E-state index contributed by atoms with van der Waals surface area (Å²) in [6.07, 6.45) is 0. The van der Waals surface area contributed by atoms with Crippen molar-refractivity contribution in [3.05, 3.63) is 43.1 Å². The van der Waals surface area contributed by atoms with Gasteiger partial charge in [-0.05, 0) is 5.18 Å². The van der Waals surface area contributed by atoms with E-state index >= 15 is 0 Å². The predicted octanol–water partition coefficient (Wildman–Crippen LogP) is 1.82. The lowest BCUT2D eigenvalue weighted by Gasteiger charge is -2.04. The normalized spacial score (nSPS) is 10.6. The molecule has 2 aromatic rings. The summed E-state index contributed by atoms with van der Waals surface area (Å²) in [5.41, 5.74) is -4.26. The van der Waals surface area contributed by atoms with E-state index in [1.54, 1.807) is 0 Å². The minimum atomic E-state index is -1.71. The maximum absolute atomic E-state index is 13.8. The van der Waals surface area contributed by atoms with Gasteiger partial charge in [0.2, 0.25) is 17.3 Å². The van der Waals surface area contributed by atoms with E-state index in [0.717, 1.165) is 0 Å². The van der Waals surface area contributed by atoms with E-state index in [1.807, 2.05) is 4.98 Å². The summed E-state index contributed by atoms with van der Waals surface area (Å²) in [6, 6.07) is 0.465. The van der Waals surface area contributed by atoms with E-state index in [2.05, 4.69) is 5.18 Å². The van der Waals surface area contributed by atoms with Crippen molar-refractivity contribution in [2.75, 3.05) is 0 Å². The number of aromatic amines is 1. The average Bonchev–Trinajstić information content (AvgIpc) is 2.27. The van der Waals surface area contributed by atoms with Gasteiger partial charge in [0.15, 0.2) is 5.75 Å². The highest BCUT2D eigenvalue weighted by atomic mass is 19.1. The molecule has 2 rings (SSSR count). The summed E-state index contributed by atoms with van der Waals surface area (Å²) < 4.78 is 27.1. The number of hydrogen-bond donors (Lipinski definition) is 2. The highest BCUT2D eigenvalue weighted by Gasteiger charge is 2.28. The van der Waals surface area contributed by atoms with Crippen LogP contribution in [0, 0.1) is 26.7 Å². The summed E-state index contributed by atoms with van der Waals surface area (Å²) >= 11 is 0. The quantitative estimate of drug-likeness (QED) is 0.489. The number of aromatic nitrogens is 1. The summed E-state index contributed by atoms with van der Waals surface area (Å²) in [7, 11) is 0. The molecule has 8 nitrogen and oxygen atoms in total. The Morgan fingerprint density at radius 2 is 2.05 bits per heavy atom. The number of benzene rings is 1. The molecule has 0 radical (unpaired) electrons. The molecule has 0 amide bonds. The molecule has 1 heterocycles. The first kappa shape index (κ1) is 12.5. The number of halogens is 2. The molecule has 1 aromatic carbocycles. The Hall–Kier alpha value is -2.91. The number of nitroso groups, excluding NO2 is 1. The van der Waals surface area contributed by atoms with Gasteiger partial charge in [-0.15, -0.1) is 4.91 Å². The zero-order valence-corrected chi connectivity index (χ0v) is 8.81. The van der Waals surface area contributed by atoms with Crippen molar-refractivity contribution in [1.82, 2.24) is 4.98 Å². The van der Waals surface area contributed by atoms with Gasteiger partial charge in [0, 0.05) is 6.07 Å². The van der Waals surface area contributed by atoms with E-state index < -0.39 is 50.1 Å². The van der Waals surface area contributed by atoms with Crippen molar-refractivity contribution in [3.8, 4) is 5.75 Å². The molecule has 10 heteroatoms. The van der Waals surface area contributed by atoms with Crippen molar-refractivity contribution in [2.45, 2.75) is 0 Å². The first-order chi connectivity index (χ1) is 8.88. The van der Waals surface area contributed by atoms with Gasteiger partial charge in [-0.2, -0.15) is 8.78 Å². The third-order valence-corrected chi connectivity index (χ3v) is 2.39. The fourth-order valence-corrected chi connectivity index (χ4v) is 1.60. The molecule has 19 heavy (non-hydrogen) atoms. The van der Waals surface area contributed by atoms with Gasteiger partial charge in [-0.25, -0.2) is 0 Å². The number of nitro groups is 1. The monoisotopic (exact) mass is 271 g/mol. The molecular weight excluding hydrogens is 268 g/mol. The molecule has 0 atom stereocenters. The zero-order chi connectivity index (χ0) is 14.3. The van der Waals surface area contributed by atoms with Gasteiger partial charge in [-0.1, -0.05) is 0 Å². The van der Waals surface area contributed by atoms with Crippen LogP contribution in [0.1, 0.15) is 0 Å². The predicted molar refractivity (Wildman–Crippen MR) is 58.3 cm³/mol. The lowest BCUT2D eigenvalue weighted by Crippen LogP contribution is -2.07. The Kier molecular flexibility index (Phi) is 2.70. The number of pyridine rings is 1. The van der Waals surface area contributed by atoms with Crippen molar-refractivity contribution in [3.63, 3.8) is 0 Å². The molecule has 0 aliphatic rings. The van der Waals surface area contributed by atoms with Gasteiger partial charge >= 0.3 is 5.69 Å². The van der Waals surface area contributed by atoms with Crippen molar-refractivity contribution in [1.29, 1.82) is 0 Å². The van der Waals surface area contributed by atoms with Crippen LogP contribution in [0.25, 0.3) is 10.9 Å². The maximum atomic E-state index is 13.8. The summed E-state index contributed by atoms with van der Waals surface area (Å²) in [5, 5.41) is 21.3. The van der Waals surface area contributed by atoms with Crippen LogP contribution in [0.5, 0.6) is 5.75 Å². The van der Waals surface area contributed by atoms with Gasteiger partial charge in [0.05, 0.1) is 15.8 Å². The number of hydrogen-bond acceptors (Lipinski definition) is 6. The van der Waals surface area contributed by atoms with Crippen LogP contribution >= 0.6 is 0 Å².